The van der Waals surface area contributed by atoms with E-state index in [1.807, 2.05) is 23.9 Å². The van der Waals surface area contributed by atoms with Crippen LogP contribution in [0.15, 0.2) is 66.7 Å². The van der Waals surface area contributed by atoms with Crippen LogP contribution in [0, 0.1) is 0 Å². The number of hydrogen-bond acceptors (Lipinski definition) is 2. The third kappa shape index (κ3) is 1.86. The van der Waals surface area contributed by atoms with Gasteiger partial charge in [-0.3, -0.25) is 4.79 Å². The highest BCUT2D eigenvalue weighted by molar-refractivity contribution is 8.00. The molecule has 0 aliphatic carbocycles. The zero-order valence-electron chi connectivity index (χ0n) is 14.7. The van der Waals surface area contributed by atoms with Gasteiger partial charge in [0, 0.05) is 45.0 Å². The van der Waals surface area contributed by atoms with Crippen molar-refractivity contribution >= 4 is 39.5 Å². The molecule has 0 saturated carbocycles. The van der Waals surface area contributed by atoms with Crippen LogP contribution in [-0.2, 0) is 4.87 Å². The molecule has 3 heterocycles. The van der Waals surface area contributed by atoms with Crippen molar-refractivity contribution in [2.75, 3.05) is 12.3 Å². The first kappa shape index (κ1) is 15.3. The predicted octanol–water partition coefficient (Wildman–Crippen LogP) is 5.11. The summed E-state index contributed by atoms with van der Waals surface area (Å²) in [6.45, 7) is 0.805. The second-order valence-corrected chi connectivity index (χ2v) is 8.53. The molecule has 1 saturated heterocycles. The zero-order valence-corrected chi connectivity index (χ0v) is 15.6. The molecule has 1 atom stereocenters. The van der Waals surface area contributed by atoms with Crippen molar-refractivity contribution in [1.82, 2.24) is 9.88 Å². The Morgan fingerprint density at radius 3 is 2.63 bits per heavy atom. The summed E-state index contributed by atoms with van der Waals surface area (Å²) in [6.07, 6.45) is 1.04. The van der Waals surface area contributed by atoms with Crippen molar-refractivity contribution in [3.05, 3.63) is 83.4 Å². The molecule has 1 unspecified atom stereocenters. The van der Waals surface area contributed by atoms with Gasteiger partial charge in [-0.25, -0.2) is 0 Å². The normalized spacial score (nSPS) is 21.6. The standard InChI is InChI=1S/C23H18N2OS/c26-22-15-7-1-3-9-17(15)23(25(22)13-6-14-27-23)18-10-5-12-20-21(18)16-8-2-4-11-19(16)24-20/h1-5,7-12,24H,6,13-14H2. The van der Waals surface area contributed by atoms with Gasteiger partial charge in [0.05, 0.1) is 0 Å². The smallest absolute Gasteiger partial charge is 0.255 e. The SMILES string of the molecule is O=C1c2ccccc2C2(c3cccc4[nH]c5ccccc5c34)SCCCN12. The molecule has 1 fully saturated rings. The van der Waals surface area contributed by atoms with Crippen LogP contribution in [0.25, 0.3) is 21.8 Å². The number of carbonyl (C=O) groups excluding carboxylic acids is 1. The number of nitrogens with zero attached hydrogens (tertiary/aromatic N) is 1. The van der Waals surface area contributed by atoms with Crippen molar-refractivity contribution < 1.29 is 4.79 Å². The van der Waals surface area contributed by atoms with E-state index in [1.165, 1.54) is 16.3 Å². The third-order valence-corrected chi connectivity index (χ3v) is 7.45. The summed E-state index contributed by atoms with van der Waals surface area (Å²) in [5.74, 6) is 1.21. The van der Waals surface area contributed by atoms with Crippen LogP contribution in [0.3, 0.4) is 0 Å². The van der Waals surface area contributed by atoms with Crippen molar-refractivity contribution in [1.29, 1.82) is 0 Å². The van der Waals surface area contributed by atoms with Gasteiger partial charge in [0.25, 0.3) is 5.91 Å². The number of hydrogen-bond donors (Lipinski definition) is 1. The van der Waals surface area contributed by atoms with E-state index >= 15 is 0 Å². The highest BCUT2D eigenvalue weighted by Crippen LogP contribution is 2.56. The molecule has 6 rings (SSSR count). The number of fused-ring (bicyclic) bond motifs is 6. The number of nitrogens with one attached hydrogen (secondary N) is 1. The van der Waals surface area contributed by atoms with Gasteiger partial charge >= 0.3 is 0 Å². The van der Waals surface area contributed by atoms with Gasteiger partial charge in [0.2, 0.25) is 0 Å². The molecule has 2 aliphatic rings. The second kappa shape index (κ2) is 5.40. The first-order chi connectivity index (χ1) is 13.3. The van der Waals surface area contributed by atoms with Crippen LogP contribution in [-0.4, -0.2) is 28.1 Å². The zero-order chi connectivity index (χ0) is 18.0. The molecule has 1 amide bonds. The summed E-state index contributed by atoms with van der Waals surface area (Å²) < 4.78 is 0. The molecule has 3 nitrogen and oxygen atoms in total. The van der Waals surface area contributed by atoms with Gasteiger partial charge in [-0.2, -0.15) is 0 Å². The lowest BCUT2D eigenvalue weighted by Gasteiger charge is -2.43. The molecule has 4 heteroatoms. The summed E-state index contributed by atoms with van der Waals surface area (Å²) in [5.41, 5.74) is 5.48. The number of H-pyrrole nitrogens is 1. The maximum Gasteiger partial charge on any atom is 0.255 e. The van der Waals surface area contributed by atoms with E-state index in [2.05, 4.69) is 64.5 Å². The summed E-state index contributed by atoms with van der Waals surface area (Å²) >= 11 is 1.90. The fourth-order valence-electron chi connectivity index (χ4n) is 4.81. The second-order valence-electron chi connectivity index (χ2n) is 7.25. The van der Waals surface area contributed by atoms with Gasteiger partial charge in [0.15, 0.2) is 0 Å². The highest BCUT2D eigenvalue weighted by Gasteiger charge is 2.53. The Labute approximate surface area is 161 Å². The number of benzene rings is 3. The van der Waals surface area contributed by atoms with E-state index in [0.29, 0.717) is 0 Å². The van der Waals surface area contributed by atoms with Crippen LogP contribution in [0.5, 0.6) is 0 Å². The minimum atomic E-state index is -0.434. The molecule has 2 aliphatic heterocycles. The number of amides is 1. The average Bonchev–Trinajstić information content (AvgIpc) is 3.23. The van der Waals surface area contributed by atoms with Crippen molar-refractivity contribution in [2.45, 2.75) is 11.3 Å². The van der Waals surface area contributed by atoms with E-state index in [9.17, 15) is 4.79 Å². The summed E-state index contributed by atoms with van der Waals surface area (Å²) in [7, 11) is 0. The maximum atomic E-state index is 13.3. The van der Waals surface area contributed by atoms with Crippen LogP contribution < -0.4 is 0 Å². The molecule has 27 heavy (non-hydrogen) atoms. The molecular weight excluding hydrogens is 352 g/mol. The number of para-hydroxylation sites is 1. The number of rotatable bonds is 1. The maximum absolute atomic E-state index is 13.3. The minimum Gasteiger partial charge on any atom is -0.355 e. The molecule has 0 bridgehead atoms. The Morgan fingerprint density at radius 1 is 0.889 bits per heavy atom. The Bertz CT molecular complexity index is 1230. The lowest BCUT2D eigenvalue weighted by Crippen LogP contribution is -2.46. The van der Waals surface area contributed by atoms with E-state index < -0.39 is 4.87 Å². The molecule has 4 aromatic rings. The van der Waals surface area contributed by atoms with Gasteiger partial charge in [-0.05, 0) is 30.4 Å². The van der Waals surface area contributed by atoms with Crippen LogP contribution in [0.4, 0.5) is 0 Å². The van der Waals surface area contributed by atoms with E-state index in [1.54, 1.807) is 0 Å². The van der Waals surface area contributed by atoms with E-state index in [4.69, 9.17) is 0 Å². The quantitative estimate of drug-likeness (QED) is 0.505. The van der Waals surface area contributed by atoms with Crippen molar-refractivity contribution in [2.24, 2.45) is 0 Å². The lowest BCUT2D eigenvalue weighted by atomic mass is 9.93. The molecular formula is C23H18N2OS. The molecule has 132 valence electrons. The largest absolute Gasteiger partial charge is 0.355 e. The Morgan fingerprint density at radius 2 is 1.67 bits per heavy atom. The van der Waals surface area contributed by atoms with Gasteiger partial charge in [0.1, 0.15) is 4.87 Å². The Kier molecular flexibility index (Phi) is 3.07. The van der Waals surface area contributed by atoms with Gasteiger partial charge in [-0.1, -0.05) is 48.5 Å². The van der Waals surface area contributed by atoms with Crippen molar-refractivity contribution in [3.8, 4) is 0 Å². The van der Waals surface area contributed by atoms with Gasteiger partial charge in [-0.15, -0.1) is 11.8 Å². The van der Waals surface area contributed by atoms with E-state index in [0.717, 1.165) is 40.9 Å². The minimum absolute atomic E-state index is 0.162. The highest BCUT2D eigenvalue weighted by atomic mass is 32.2. The number of aromatic amines is 1. The average molecular weight is 370 g/mol. The lowest BCUT2D eigenvalue weighted by molar-refractivity contribution is 0.0718. The molecule has 0 spiro atoms. The summed E-state index contributed by atoms with van der Waals surface area (Å²) in [4.78, 5) is 18.5. The van der Waals surface area contributed by atoms with Crippen LogP contribution in [0.1, 0.15) is 27.9 Å². The number of carbonyl (C=O) groups is 1. The first-order valence-electron chi connectivity index (χ1n) is 9.36. The first-order valence-corrected chi connectivity index (χ1v) is 10.3. The predicted molar refractivity (Wildman–Crippen MR) is 111 cm³/mol. The molecule has 1 N–H and O–H groups in total. The number of thioether (sulfide) groups is 1. The topological polar surface area (TPSA) is 36.1 Å². The third-order valence-electron chi connectivity index (χ3n) is 5.88. The Balaban J connectivity index is 1.76. The Hall–Kier alpha value is -2.72. The van der Waals surface area contributed by atoms with Crippen LogP contribution in [0.2, 0.25) is 0 Å². The van der Waals surface area contributed by atoms with E-state index in [-0.39, 0.29) is 5.91 Å². The molecule has 0 radical (unpaired) electrons. The fourth-order valence-corrected chi connectivity index (χ4v) is 6.37. The van der Waals surface area contributed by atoms with Gasteiger partial charge < -0.3 is 9.88 Å². The van der Waals surface area contributed by atoms with Crippen LogP contribution >= 0.6 is 11.8 Å². The number of aromatic nitrogens is 1. The van der Waals surface area contributed by atoms with Crippen molar-refractivity contribution in [3.63, 3.8) is 0 Å². The summed E-state index contributed by atoms with van der Waals surface area (Å²) in [6, 6.07) is 23.1. The fraction of sp³-hybridized carbons (Fsp3) is 0.174. The molecule has 3 aromatic carbocycles. The molecule has 1 aromatic heterocycles. The monoisotopic (exact) mass is 370 g/mol. The summed E-state index contributed by atoms with van der Waals surface area (Å²) in [5, 5.41) is 2.46.